The molecule has 2 aromatic heterocycles. The van der Waals surface area contributed by atoms with E-state index >= 15 is 0 Å². The van der Waals surface area contributed by atoms with Gasteiger partial charge in [-0.3, -0.25) is 4.79 Å². The zero-order chi connectivity index (χ0) is 21.4. The zero-order valence-corrected chi connectivity index (χ0v) is 16.8. The number of aryl methyl sites for hydroxylation is 1. The van der Waals surface area contributed by atoms with Crippen molar-refractivity contribution in [3.05, 3.63) is 52.7 Å². The molecule has 0 saturated carbocycles. The Hall–Kier alpha value is -3.88. The van der Waals surface area contributed by atoms with Gasteiger partial charge in [0.1, 0.15) is 17.0 Å². The first kappa shape index (κ1) is 19.4. The molecule has 2 aromatic carbocycles. The van der Waals surface area contributed by atoms with Crippen molar-refractivity contribution in [2.75, 3.05) is 0 Å². The number of aromatic amines is 2. The topological polar surface area (TPSA) is 126 Å². The van der Waals surface area contributed by atoms with E-state index in [1.54, 1.807) is 38.4 Å². The van der Waals surface area contributed by atoms with Crippen molar-refractivity contribution in [2.45, 2.75) is 27.2 Å². The van der Waals surface area contributed by atoms with Crippen molar-refractivity contribution in [1.82, 2.24) is 24.7 Å². The van der Waals surface area contributed by atoms with Crippen molar-refractivity contribution in [3.8, 4) is 28.6 Å². The number of carbonyl (C=O) groups excluding carboxylic acids is 1. The molecule has 154 valence electrons. The fourth-order valence-electron chi connectivity index (χ4n) is 3.22. The second kappa shape index (κ2) is 7.51. The highest BCUT2D eigenvalue weighted by Gasteiger charge is 2.21. The number of hydrogen-bond donors (Lipinski definition) is 3. The lowest BCUT2D eigenvalue weighted by Crippen LogP contribution is -2.17. The molecule has 0 radical (unpaired) electrons. The molecule has 0 aliphatic heterocycles. The first-order valence-corrected chi connectivity index (χ1v) is 9.58. The number of para-hydroxylation sites is 1. The number of phenolic OH excluding ortho intramolecular Hbond substituents is 1. The molecular weight excluding hydrogens is 386 g/mol. The third kappa shape index (κ3) is 3.24. The Balaban J connectivity index is 1.88. The molecule has 0 bridgehead atoms. The van der Waals surface area contributed by atoms with E-state index in [9.17, 15) is 14.7 Å². The van der Waals surface area contributed by atoms with Gasteiger partial charge in [-0.2, -0.15) is 5.10 Å². The lowest BCUT2D eigenvalue weighted by Gasteiger charge is -2.14. The smallest absolute Gasteiger partial charge is 0.348 e. The highest BCUT2D eigenvalue weighted by molar-refractivity contribution is 5.85. The van der Waals surface area contributed by atoms with Crippen LogP contribution in [-0.2, 0) is 11.2 Å². The van der Waals surface area contributed by atoms with Crippen LogP contribution in [0.25, 0.3) is 28.1 Å². The summed E-state index contributed by atoms with van der Waals surface area (Å²) in [6.07, 6.45) is 2.10. The third-order valence-electron chi connectivity index (χ3n) is 4.82. The quantitative estimate of drug-likeness (QED) is 0.345. The number of hydrogen-bond acceptors (Lipinski definition) is 6. The number of rotatable bonds is 5. The standard InChI is InChI=1S/C21H21N5O4/c1-4-12-8-13(16(27)9-17(12)30-20(28)11(2)3)19-24-25-21(29)26(19)15-7-5-6-14-18(15)23-10-22-14/h5-11,27H,4H2,1-3H3,(H,22,23)(H,25,29). The molecule has 0 atom stereocenters. The molecule has 9 nitrogen and oxygen atoms in total. The number of aromatic hydroxyl groups is 1. The van der Waals surface area contributed by atoms with E-state index < -0.39 is 11.7 Å². The van der Waals surface area contributed by atoms with Gasteiger partial charge in [-0.1, -0.05) is 26.8 Å². The van der Waals surface area contributed by atoms with Crippen molar-refractivity contribution in [3.63, 3.8) is 0 Å². The van der Waals surface area contributed by atoms with Crippen LogP contribution in [0.5, 0.6) is 11.5 Å². The van der Waals surface area contributed by atoms with Gasteiger partial charge >= 0.3 is 11.7 Å². The molecule has 0 amide bonds. The number of aromatic nitrogens is 5. The highest BCUT2D eigenvalue weighted by Crippen LogP contribution is 2.36. The maximum Gasteiger partial charge on any atom is 0.348 e. The fraction of sp³-hybridized carbons (Fsp3) is 0.238. The van der Waals surface area contributed by atoms with Crippen molar-refractivity contribution >= 4 is 17.0 Å². The van der Waals surface area contributed by atoms with Gasteiger partial charge in [0.05, 0.1) is 29.0 Å². The number of carbonyl (C=O) groups is 1. The molecule has 0 fully saturated rings. The Kier molecular flexibility index (Phi) is 4.86. The van der Waals surface area contributed by atoms with Crippen LogP contribution in [0, 0.1) is 5.92 Å². The summed E-state index contributed by atoms with van der Waals surface area (Å²) in [6, 6.07) is 8.45. The Morgan fingerprint density at radius 2 is 2.10 bits per heavy atom. The third-order valence-corrected chi connectivity index (χ3v) is 4.82. The molecule has 0 aliphatic rings. The van der Waals surface area contributed by atoms with Crippen molar-refractivity contribution in [2.24, 2.45) is 5.92 Å². The van der Waals surface area contributed by atoms with Gasteiger partial charge in [-0.05, 0) is 30.2 Å². The zero-order valence-electron chi connectivity index (χ0n) is 16.8. The lowest BCUT2D eigenvalue weighted by molar-refractivity contribution is -0.137. The Labute approximate surface area is 171 Å². The average molecular weight is 407 g/mol. The second-order valence-electron chi connectivity index (χ2n) is 7.17. The molecule has 3 N–H and O–H groups in total. The summed E-state index contributed by atoms with van der Waals surface area (Å²) in [7, 11) is 0. The van der Waals surface area contributed by atoms with E-state index in [4.69, 9.17) is 4.74 Å². The number of H-pyrrole nitrogens is 2. The number of fused-ring (bicyclic) bond motifs is 1. The minimum Gasteiger partial charge on any atom is -0.507 e. The summed E-state index contributed by atoms with van der Waals surface area (Å²) < 4.78 is 6.79. The molecule has 0 unspecified atom stereocenters. The minimum absolute atomic E-state index is 0.159. The second-order valence-corrected chi connectivity index (χ2v) is 7.17. The Morgan fingerprint density at radius 3 is 2.83 bits per heavy atom. The first-order chi connectivity index (χ1) is 14.4. The number of imidazole rings is 1. The highest BCUT2D eigenvalue weighted by atomic mass is 16.5. The predicted molar refractivity (Wildman–Crippen MR) is 111 cm³/mol. The van der Waals surface area contributed by atoms with Crippen LogP contribution in [0.4, 0.5) is 0 Å². The van der Waals surface area contributed by atoms with E-state index in [1.165, 1.54) is 10.6 Å². The van der Waals surface area contributed by atoms with Gasteiger partial charge in [0.15, 0.2) is 5.82 Å². The first-order valence-electron chi connectivity index (χ1n) is 9.58. The summed E-state index contributed by atoms with van der Waals surface area (Å²) in [5, 5.41) is 17.3. The molecular formula is C21H21N5O4. The number of benzene rings is 2. The summed E-state index contributed by atoms with van der Waals surface area (Å²) in [4.78, 5) is 31.9. The average Bonchev–Trinajstić information content (AvgIpc) is 3.34. The van der Waals surface area contributed by atoms with Gasteiger partial charge in [0.2, 0.25) is 0 Å². The van der Waals surface area contributed by atoms with E-state index in [-0.39, 0.29) is 23.2 Å². The van der Waals surface area contributed by atoms with Crippen LogP contribution >= 0.6 is 0 Å². The van der Waals surface area contributed by atoms with E-state index in [0.717, 1.165) is 5.52 Å². The molecule has 0 spiro atoms. The number of esters is 1. The van der Waals surface area contributed by atoms with Gasteiger partial charge in [-0.25, -0.2) is 19.4 Å². The van der Waals surface area contributed by atoms with E-state index in [2.05, 4.69) is 20.2 Å². The van der Waals surface area contributed by atoms with Gasteiger partial charge < -0.3 is 14.8 Å². The number of nitrogens with zero attached hydrogens (tertiary/aromatic N) is 3. The van der Waals surface area contributed by atoms with Crippen LogP contribution in [0.15, 0.2) is 41.5 Å². The molecule has 9 heteroatoms. The van der Waals surface area contributed by atoms with Gasteiger partial charge in [0.25, 0.3) is 0 Å². The summed E-state index contributed by atoms with van der Waals surface area (Å²) in [5.74, 6) is -0.338. The summed E-state index contributed by atoms with van der Waals surface area (Å²) >= 11 is 0. The predicted octanol–water partition coefficient (Wildman–Crippen LogP) is 2.93. The van der Waals surface area contributed by atoms with Crippen LogP contribution < -0.4 is 10.4 Å². The largest absolute Gasteiger partial charge is 0.507 e. The molecule has 30 heavy (non-hydrogen) atoms. The lowest BCUT2D eigenvalue weighted by atomic mass is 10.1. The molecule has 2 heterocycles. The molecule has 0 saturated heterocycles. The molecule has 4 rings (SSSR count). The van der Waals surface area contributed by atoms with E-state index in [0.29, 0.717) is 28.8 Å². The van der Waals surface area contributed by atoms with Crippen molar-refractivity contribution in [1.29, 1.82) is 0 Å². The van der Waals surface area contributed by atoms with Crippen LogP contribution in [0.2, 0.25) is 0 Å². The van der Waals surface area contributed by atoms with Crippen molar-refractivity contribution < 1.29 is 14.6 Å². The number of nitrogens with one attached hydrogen (secondary N) is 2. The Morgan fingerprint density at radius 1 is 1.30 bits per heavy atom. The number of phenols is 1. The maximum atomic E-state index is 12.6. The molecule has 4 aromatic rings. The normalized spacial score (nSPS) is 11.3. The van der Waals surface area contributed by atoms with Crippen LogP contribution in [0.1, 0.15) is 26.3 Å². The Bertz CT molecular complexity index is 1300. The summed E-state index contributed by atoms with van der Waals surface area (Å²) in [6.45, 7) is 5.38. The SMILES string of the molecule is CCc1cc(-c2n[nH]c(=O)n2-c2cccc3[nH]cnc23)c(O)cc1OC(=O)C(C)C. The fourth-order valence-corrected chi connectivity index (χ4v) is 3.22. The van der Waals surface area contributed by atoms with Crippen LogP contribution in [0.3, 0.4) is 0 Å². The summed E-state index contributed by atoms with van der Waals surface area (Å²) in [5.41, 5.74) is 2.46. The minimum atomic E-state index is -0.465. The maximum absolute atomic E-state index is 12.6. The van der Waals surface area contributed by atoms with Gasteiger partial charge in [0, 0.05) is 6.07 Å². The monoisotopic (exact) mass is 407 g/mol. The number of ether oxygens (including phenoxy) is 1. The molecule has 0 aliphatic carbocycles. The van der Waals surface area contributed by atoms with Gasteiger partial charge in [-0.15, -0.1) is 0 Å². The van der Waals surface area contributed by atoms with Crippen LogP contribution in [-0.4, -0.2) is 35.8 Å². The van der Waals surface area contributed by atoms with E-state index in [1.807, 2.05) is 13.0 Å².